The van der Waals surface area contributed by atoms with Crippen LogP contribution in [0.1, 0.15) is 5.56 Å². The van der Waals surface area contributed by atoms with Crippen molar-refractivity contribution >= 4 is 5.82 Å². The maximum absolute atomic E-state index is 12.8. The molecule has 0 aliphatic heterocycles. The Morgan fingerprint density at radius 2 is 1.73 bits per heavy atom. The Morgan fingerprint density at radius 3 is 2.27 bits per heavy atom. The van der Waals surface area contributed by atoms with E-state index in [4.69, 9.17) is 0 Å². The molecule has 1 aromatic carbocycles. The first-order valence-electron chi connectivity index (χ1n) is 6.31. The fourth-order valence-corrected chi connectivity index (χ4v) is 2.01. The van der Waals surface area contributed by atoms with Gasteiger partial charge in [0.2, 0.25) is 0 Å². The molecule has 2 aromatic rings. The zero-order chi connectivity index (χ0) is 16.7. The Morgan fingerprint density at radius 1 is 1.09 bits per heavy atom. The van der Waals surface area contributed by atoms with Crippen LogP contribution in [0, 0.1) is 0 Å². The summed E-state index contributed by atoms with van der Waals surface area (Å²) in [5.74, 6) is 0.201. The van der Waals surface area contributed by atoms with Crippen molar-refractivity contribution in [3.8, 4) is 5.69 Å². The van der Waals surface area contributed by atoms with Crippen molar-refractivity contribution in [2.75, 3.05) is 19.0 Å². The molecule has 0 N–H and O–H groups in total. The van der Waals surface area contributed by atoms with Crippen LogP contribution in [0.5, 0.6) is 0 Å². The van der Waals surface area contributed by atoms with Crippen molar-refractivity contribution < 1.29 is 13.2 Å². The number of hydrogen-bond donors (Lipinski definition) is 0. The average Bonchev–Trinajstić information content (AvgIpc) is 2.43. The summed E-state index contributed by atoms with van der Waals surface area (Å²) < 4.78 is 40.4. The lowest BCUT2D eigenvalue weighted by molar-refractivity contribution is -0.137. The lowest BCUT2D eigenvalue weighted by atomic mass is 10.2. The Labute approximate surface area is 123 Å². The normalized spacial score (nSPS) is 11.5. The summed E-state index contributed by atoms with van der Waals surface area (Å²) in [5.41, 5.74) is -2.07. The summed E-state index contributed by atoms with van der Waals surface area (Å²) >= 11 is 0. The monoisotopic (exact) mass is 313 g/mol. The van der Waals surface area contributed by atoms with E-state index in [-0.39, 0.29) is 11.5 Å². The minimum atomic E-state index is -4.52. The van der Waals surface area contributed by atoms with Gasteiger partial charge in [-0.1, -0.05) is 6.07 Å². The van der Waals surface area contributed by atoms with Crippen LogP contribution in [0.25, 0.3) is 5.69 Å². The second-order valence-corrected chi connectivity index (χ2v) is 4.96. The lowest BCUT2D eigenvalue weighted by Crippen LogP contribution is -2.39. The smallest absolute Gasteiger partial charge is 0.364 e. The van der Waals surface area contributed by atoms with Crippen molar-refractivity contribution in [2.45, 2.75) is 6.18 Å². The van der Waals surface area contributed by atoms with Gasteiger partial charge < -0.3 is 4.90 Å². The fraction of sp³-hybridized carbons (Fsp3) is 0.286. The van der Waals surface area contributed by atoms with E-state index in [0.29, 0.717) is 0 Å². The first-order valence-corrected chi connectivity index (χ1v) is 6.31. The highest BCUT2D eigenvalue weighted by Gasteiger charge is 2.30. The van der Waals surface area contributed by atoms with E-state index in [1.54, 1.807) is 14.1 Å². The van der Waals surface area contributed by atoms with E-state index < -0.39 is 23.0 Å². The van der Waals surface area contributed by atoms with Crippen molar-refractivity contribution in [3.63, 3.8) is 0 Å². The highest BCUT2D eigenvalue weighted by Crippen LogP contribution is 2.30. The summed E-state index contributed by atoms with van der Waals surface area (Å²) in [5, 5.41) is 0. The Bertz CT molecular complexity index is 819. The predicted octanol–water partition coefficient (Wildman–Crippen LogP) is 1.62. The van der Waals surface area contributed by atoms with Crippen LogP contribution in [-0.4, -0.2) is 23.2 Å². The van der Waals surface area contributed by atoms with Crippen LogP contribution >= 0.6 is 0 Å². The number of aromatic nitrogens is 2. The van der Waals surface area contributed by atoms with E-state index >= 15 is 0 Å². The summed E-state index contributed by atoms with van der Waals surface area (Å²) in [6.07, 6.45) is -4.52. The van der Waals surface area contributed by atoms with Gasteiger partial charge in [-0.15, -0.1) is 0 Å². The third kappa shape index (κ3) is 2.76. The summed E-state index contributed by atoms with van der Waals surface area (Å²) in [7, 11) is 4.46. The molecule has 118 valence electrons. The summed E-state index contributed by atoms with van der Waals surface area (Å²) in [6, 6.07) is 5.59. The van der Waals surface area contributed by atoms with Crippen LogP contribution in [0.2, 0.25) is 0 Å². The third-order valence-electron chi connectivity index (χ3n) is 3.18. The molecule has 2 rings (SSSR count). The predicted molar refractivity (Wildman–Crippen MR) is 76.6 cm³/mol. The second-order valence-electron chi connectivity index (χ2n) is 4.96. The fourth-order valence-electron chi connectivity index (χ4n) is 2.01. The van der Waals surface area contributed by atoms with Gasteiger partial charge in [-0.3, -0.25) is 9.36 Å². The number of nitrogens with zero attached hydrogens (tertiary/aromatic N) is 3. The SMILES string of the molecule is CN(C)c1cc(=O)n(C)c(=O)n1-c1cccc(C(F)(F)F)c1. The molecule has 0 saturated carbocycles. The number of anilines is 1. The largest absolute Gasteiger partial charge is 0.416 e. The van der Waals surface area contributed by atoms with Crippen molar-refractivity contribution in [1.29, 1.82) is 0 Å². The number of hydrogen-bond acceptors (Lipinski definition) is 3. The van der Waals surface area contributed by atoms with E-state index in [1.807, 2.05) is 0 Å². The molecular weight excluding hydrogens is 299 g/mol. The van der Waals surface area contributed by atoms with Crippen molar-refractivity contribution in [3.05, 3.63) is 56.7 Å². The van der Waals surface area contributed by atoms with Gasteiger partial charge >= 0.3 is 11.9 Å². The van der Waals surface area contributed by atoms with Gasteiger partial charge in [0.05, 0.1) is 11.3 Å². The van der Waals surface area contributed by atoms with Gasteiger partial charge in [0.1, 0.15) is 5.82 Å². The molecule has 0 aliphatic carbocycles. The molecule has 0 unspecified atom stereocenters. The minimum Gasteiger partial charge on any atom is -0.364 e. The van der Waals surface area contributed by atoms with E-state index in [9.17, 15) is 22.8 Å². The Kier molecular flexibility index (Phi) is 3.87. The summed E-state index contributed by atoms with van der Waals surface area (Å²) in [4.78, 5) is 25.5. The zero-order valence-corrected chi connectivity index (χ0v) is 12.2. The lowest BCUT2D eigenvalue weighted by Gasteiger charge is -2.20. The van der Waals surface area contributed by atoms with Gasteiger partial charge in [0.15, 0.2) is 0 Å². The number of rotatable bonds is 2. The van der Waals surface area contributed by atoms with Gasteiger partial charge in [-0.2, -0.15) is 13.2 Å². The standard InChI is InChI=1S/C14H14F3N3O2/c1-18(2)11-8-12(21)19(3)13(22)20(11)10-6-4-5-9(7-10)14(15,16)17/h4-8H,1-3H3. The summed E-state index contributed by atoms with van der Waals surface area (Å²) in [6.45, 7) is 0. The number of benzene rings is 1. The van der Waals surface area contributed by atoms with Crippen molar-refractivity contribution in [1.82, 2.24) is 9.13 Å². The van der Waals surface area contributed by atoms with E-state index in [1.165, 1.54) is 30.1 Å². The topological polar surface area (TPSA) is 47.2 Å². The first kappa shape index (κ1) is 15.9. The van der Waals surface area contributed by atoms with Gasteiger partial charge in [0, 0.05) is 27.2 Å². The maximum Gasteiger partial charge on any atom is 0.416 e. The van der Waals surface area contributed by atoms with Crippen molar-refractivity contribution in [2.24, 2.45) is 7.05 Å². The molecule has 22 heavy (non-hydrogen) atoms. The van der Waals surface area contributed by atoms with Gasteiger partial charge in [0.25, 0.3) is 5.56 Å². The molecule has 5 nitrogen and oxygen atoms in total. The first-order chi connectivity index (χ1) is 10.1. The molecule has 0 fully saturated rings. The van der Waals surface area contributed by atoms with Crippen LogP contribution in [0.3, 0.4) is 0 Å². The highest BCUT2D eigenvalue weighted by atomic mass is 19.4. The molecule has 0 spiro atoms. The van der Waals surface area contributed by atoms with Crippen LogP contribution in [0.4, 0.5) is 19.0 Å². The molecule has 0 aliphatic rings. The molecular formula is C14H14F3N3O2. The molecule has 0 atom stereocenters. The van der Waals surface area contributed by atoms with Gasteiger partial charge in [-0.25, -0.2) is 9.36 Å². The zero-order valence-electron chi connectivity index (χ0n) is 12.2. The molecule has 0 bridgehead atoms. The van der Waals surface area contributed by atoms with E-state index in [0.717, 1.165) is 21.3 Å². The minimum absolute atomic E-state index is 0.0409. The Hall–Kier alpha value is -2.51. The molecule has 1 aromatic heterocycles. The Balaban J connectivity index is 2.81. The van der Waals surface area contributed by atoms with Gasteiger partial charge in [-0.05, 0) is 18.2 Å². The van der Waals surface area contributed by atoms with E-state index in [2.05, 4.69) is 0 Å². The number of alkyl halides is 3. The number of halogens is 3. The molecule has 0 amide bonds. The maximum atomic E-state index is 12.8. The van der Waals surface area contributed by atoms with Crippen LogP contribution < -0.4 is 16.1 Å². The van der Waals surface area contributed by atoms with Crippen LogP contribution in [-0.2, 0) is 13.2 Å². The quantitative estimate of drug-likeness (QED) is 0.846. The second kappa shape index (κ2) is 5.36. The highest BCUT2D eigenvalue weighted by molar-refractivity contribution is 5.47. The van der Waals surface area contributed by atoms with Crippen LogP contribution in [0.15, 0.2) is 39.9 Å². The molecule has 0 saturated heterocycles. The third-order valence-corrected chi connectivity index (χ3v) is 3.18. The molecule has 0 radical (unpaired) electrons. The molecule has 8 heteroatoms. The molecule has 1 heterocycles. The average molecular weight is 313 g/mol.